The van der Waals surface area contributed by atoms with Crippen molar-refractivity contribution in [1.82, 2.24) is 5.01 Å². The minimum absolute atomic E-state index is 0.144. The van der Waals surface area contributed by atoms with E-state index >= 15 is 0 Å². The topological polar surface area (TPSA) is 96.6 Å². The zero-order chi connectivity index (χ0) is 25.2. The summed E-state index contributed by atoms with van der Waals surface area (Å²) in [6, 6.07) is 12.2. The van der Waals surface area contributed by atoms with Crippen LogP contribution in [-0.4, -0.2) is 53.5 Å². The van der Waals surface area contributed by atoms with Crippen molar-refractivity contribution in [3.63, 3.8) is 0 Å². The molecule has 4 rings (SSSR count). The summed E-state index contributed by atoms with van der Waals surface area (Å²) in [5, 5.41) is 10.8. The molecule has 2 aromatic rings. The summed E-state index contributed by atoms with van der Waals surface area (Å²) >= 11 is 3.54. The summed E-state index contributed by atoms with van der Waals surface area (Å²) in [6.45, 7) is 0.334. The number of hydrazone groups is 1. The van der Waals surface area contributed by atoms with E-state index < -0.39 is 23.0 Å². The van der Waals surface area contributed by atoms with Gasteiger partial charge in [-0.15, -0.1) is 0 Å². The smallest absolute Gasteiger partial charge is 0.441 e. The van der Waals surface area contributed by atoms with Gasteiger partial charge in [0.1, 0.15) is 19.0 Å². The quantitative estimate of drug-likeness (QED) is 0.369. The van der Waals surface area contributed by atoms with E-state index in [1.807, 2.05) is 12.1 Å². The van der Waals surface area contributed by atoms with Gasteiger partial charge in [0, 0.05) is 10.0 Å². The van der Waals surface area contributed by atoms with Gasteiger partial charge in [0.05, 0.1) is 12.7 Å². The van der Waals surface area contributed by atoms with E-state index in [4.69, 9.17) is 19.6 Å². The van der Waals surface area contributed by atoms with Crippen molar-refractivity contribution in [1.29, 1.82) is 5.41 Å². The van der Waals surface area contributed by atoms with Crippen LogP contribution in [0.2, 0.25) is 0 Å². The number of benzene rings is 2. The standard InChI is InChI=1S/C22H16BrF3N4O4S/c1-32-16-4-2-3-5-17(16)34-9-8-33-15-7-6-13(23)10-12(15)11-14-18(27)30-21(28-19(14)31)35-20(29-30)22(24,25)26/h2-7,10-11,27H,8-9H2,1H3/b14-11-,27-18?. The normalized spacial score (nSPS) is 16.7. The van der Waals surface area contributed by atoms with Crippen molar-refractivity contribution in [3.8, 4) is 17.2 Å². The second kappa shape index (κ2) is 10.1. The molecule has 182 valence electrons. The maximum atomic E-state index is 13.0. The molecule has 1 N–H and O–H groups in total. The Morgan fingerprint density at radius 3 is 2.49 bits per heavy atom. The number of halogens is 4. The first-order valence-electron chi connectivity index (χ1n) is 9.93. The predicted molar refractivity (Wildman–Crippen MR) is 129 cm³/mol. The molecular weight excluding hydrogens is 553 g/mol. The number of nitrogens with zero attached hydrogens (tertiary/aromatic N) is 3. The highest BCUT2D eigenvalue weighted by molar-refractivity contribution is 9.10. The number of fused-ring (bicyclic) bond motifs is 1. The number of amidine groups is 2. The summed E-state index contributed by atoms with van der Waals surface area (Å²) < 4.78 is 56.5. The molecule has 0 fully saturated rings. The van der Waals surface area contributed by atoms with E-state index in [-0.39, 0.29) is 35.7 Å². The minimum Gasteiger partial charge on any atom is -0.493 e. The highest BCUT2D eigenvalue weighted by Crippen LogP contribution is 2.36. The van der Waals surface area contributed by atoms with Crippen LogP contribution in [0.15, 0.2) is 62.6 Å². The van der Waals surface area contributed by atoms with Crippen LogP contribution >= 0.6 is 27.7 Å². The maximum absolute atomic E-state index is 13.0. The highest BCUT2D eigenvalue weighted by atomic mass is 79.9. The van der Waals surface area contributed by atoms with Gasteiger partial charge in [0.25, 0.3) is 5.91 Å². The number of aliphatic imine (C=N–C) groups is 1. The van der Waals surface area contributed by atoms with Crippen LogP contribution in [-0.2, 0) is 4.79 Å². The molecule has 0 spiro atoms. The Morgan fingerprint density at radius 1 is 1.11 bits per heavy atom. The lowest BCUT2D eigenvalue weighted by atomic mass is 10.1. The summed E-state index contributed by atoms with van der Waals surface area (Å²) in [7, 11) is 1.54. The van der Waals surface area contributed by atoms with Gasteiger partial charge in [-0.3, -0.25) is 10.2 Å². The summed E-state index contributed by atoms with van der Waals surface area (Å²) in [5.74, 6) is 0.131. The lowest BCUT2D eigenvalue weighted by Crippen LogP contribution is -2.35. The second-order valence-corrected chi connectivity index (χ2v) is 8.82. The third kappa shape index (κ3) is 5.51. The van der Waals surface area contributed by atoms with Gasteiger partial charge in [0.15, 0.2) is 17.3 Å². The molecule has 0 saturated heterocycles. The molecule has 2 heterocycles. The van der Waals surface area contributed by atoms with Gasteiger partial charge in [-0.2, -0.15) is 28.3 Å². The SMILES string of the molecule is COc1ccccc1OCCOc1ccc(Br)cc1/C=C1/C(=N)N2N=C(C(F)(F)F)SC2=NC1=O. The Hall–Kier alpha value is -3.32. The Morgan fingerprint density at radius 2 is 1.80 bits per heavy atom. The van der Waals surface area contributed by atoms with Crippen LogP contribution in [0.25, 0.3) is 6.08 Å². The highest BCUT2D eigenvalue weighted by Gasteiger charge is 2.46. The molecule has 13 heteroatoms. The lowest BCUT2D eigenvalue weighted by Gasteiger charge is -2.20. The average molecular weight is 569 g/mol. The molecule has 35 heavy (non-hydrogen) atoms. The molecule has 0 radical (unpaired) electrons. The number of rotatable bonds is 7. The number of hydrogen-bond acceptors (Lipinski definition) is 7. The number of hydrogen-bond donors (Lipinski definition) is 1. The van der Waals surface area contributed by atoms with E-state index in [1.54, 1.807) is 30.3 Å². The molecule has 0 bridgehead atoms. The Balaban J connectivity index is 1.52. The second-order valence-electron chi connectivity index (χ2n) is 6.95. The van der Waals surface area contributed by atoms with Crippen molar-refractivity contribution >= 4 is 55.7 Å². The zero-order valence-corrected chi connectivity index (χ0v) is 20.3. The fourth-order valence-corrected chi connectivity index (χ4v) is 4.20. The molecule has 1 amide bonds. The third-order valence-electron chi connectivity index (χ3n) is 4.64. The fraction of sp³-hybridized carbons (Fsp3) is 0.182. The number of para-hydroxylation sites is 2. The van der Waals surface area contributed by atoms with Crippen molar-refractivity contribution in [2.75, 3.05) is 20.3 Å². The van der Waals surface area contributed by atoms with Gasteiger partial charge in [0.2, 0.25) is 10.2 Å². The first-order valence-corrected chi connectivity index (χ1v) is 11.5. The Bertz CT molecular complexity index is 1280. The maximum Gasteiger partial charge on any atom is 0.441 e. The molecule has 2 aliphatic heterocycles. The Kier molecular flexibility index (Phi) is 7.17. The van der Waals surface area contributed by atoms with Crippen LogP contribution < -0.4 is 14.2 Å². The van der Waals surface area contributed by atoms with Crippen LogP contribution in [0.3, 0.4) is 0 Å². The molecule has 2 aliphatic rings. The molecule has 0 unspecified atom stereocenters. The molecule has 8 nitrogen and oxygen atoms in total. The lowest BCUT2D eigenvalue weighted by molar-refractivity contribution is -0.114. The van der Waals surface area contributed by atoms with Crippen LogP contribution in [0, 0.1) is 5.41 Å². The molecular formula is C22H16BrF3N4O4S. The summed E-state index contributed by atoms with van der Waals surface area (Å²) in [6.07, 6.45) is -3.38. The van der Waals surface area contributed by atoms with Crippen LogP contribution in [0.5, 0.6) is 17.2 Å². The number of amides is 1. The summed E-state index contributed by atoms with van der Waals surface area (Å²) in [5.41, 5.74) is 0.185. The van der Waals surface area contributed by atoms with Crippen molar-refractivity contribution in [2.24, 2.45) is 10.1 Å². The number of methoxy groups -OCH3 is 1. The first kappa shape index (κ1) is 24.8. The van der Waals surface area contributed by atoms with E-state index in [0.717, 1.165) is 0 Å². The van der Waals surface area contributed by atoms with E-state index in [0.29, 0.717) is 32.3 Å². The minimum atomic E-state index is -4.71. The molecule has 0 aromatic heterocycles. The van der Waals surface area contributed by atoms with Crippen molar-refractivity contribution < 1.29 is 32.2 Å². The molecule has 2 aromatic carbocycles. The van der Waals surface area contributed by atoms with E-state index in [2.05, 4.69) is 26.0 Å². The number of ether oxygens (including phenoxy) is 3. The largest absolute Gasteiger partial charge is 0.493 e. The molecule has 0 aliphatic carbocycles. The number of carbonyl (C=O) groups excluding carboxylic acids is 1. The number of thioether (sulfide) groups is 1. The number of nitrogens with one attached hydrogen (secondary N) is 1. The zero-order valence-electron chi connectivity index (χ0n) is 17.9. The van der Waals surface area contributed by atoms with Gasteiger partial charge in [-0.1, -0.05) is 28.1 Å². The first-order chi connectivity index (χ1) is 16.7. The van der Waals surface area contributed by atoms with E-state index in [1.165, 1.54) is 13.2 Å². The fourth-order valence-electron chi connectivity index (χ4n) is 3.07. The van der Waals surface area contributed by atoms with Gasteiger partial charge in [-0.05, 0) is 48.2 Å². The van der Waals surface area contributed by atoms with Gasteiger partial charge < -0.3 is 14.2 Å². The van der Waals surface area contributed by atoms with E-state index in [9.17, 15) is 18.0 Å². The monoisotopic (exact) mass is 568 g/mol. The van der Waals surface area contributed by atoms with Crippen molar-refractivity contribution in [3.05, 3.63) is 58.1 Å². The van der Waals surface area contributed by atoms with Crippen LogP contribution in [0.1, 0.15) is 5.56 Å². The number of alkyl halides is 3. The van der Waals surface area contributed by atoms with Gasteiger partial charge in [-0.25, -0.2) is 0 Å². The average Bonchev–Trinajstić information content (AvgIpc) is 3.25. The van der Waals surface area contributed by atoms with Crippen molar-refractivity contribution in [2.45, 2.75) is 6.18 Å². The molecule has 0 saturated carbocycles. The third-order valence-corrected chi connectivity index (χ3v) is 6.08. The van der Waals surface area contributed by atoms with Crippen LogP contribution in [0.4, 0.5) is 13.2 Å². The summed E-state index contributed by atoms with van der Waals surface area (Å²) in [4.78, 5) is 16.2. The number of carbonyl (C=O) groups is 1. The predicted octanol–water partition coefficient (Wildman–Crippen LogP) is 5.10. The van der Waals surface area contributed by atoms with Gasteiger partial charge >= 0.3 is 6.18 Å². The Labute approximate surface area is 210 Å². The molecule has 0 atom stereocenters.